The number of imide groups is 1. The van der Waals surface area contributed by atoms with Crippen LogP contribution in [0.3, 0.4) is 0 Å². The summed E-state index contributed by atoms with van der Waals surface area (Å²) in [6.07, 6.45) is 3.25. The molecule has 1 heterocycles. The van der Waals surface area contributed by atoms with E-state index in [-0.39, 0.29) is 18.4 Å². The molecule has 1 aliphatic carbocycles. The average Bonchev–Trinajstić information content (AvgIpc) is 2.89. The minimum atomic E-state index is -0.887. The molecule has 0 aromatic heterocycles. The molecule has 1 aliphatic heterocycles. The highest BCUT2D eigenvalue weighted by Gasteiger charge is 2.42. The molecule has 0 radical (unpaired) electrons. The number of aliphatic hydroxyl groups is 1. The van der Waals surface area contributed by atoms with Crippen LogP contribution in [0, 0.1) is 6.92 Å². The zero-order chi connectivity index (χ0) is 13.6. The first-order chi connectivity index (χ1) is 9.00. The van der Waals surface area contributed by atoms with Crippen molar-refractivity contribution >= 4 is 11.8 Å². The van der Waals surface area contributed by atoms with Gasteiger partial charge in [-0.15, -0.1) is 0 Å². The number of fused-ring (bicyclic) bond motifs is 1. The normalized spacial score (nSPS) is 21.1. The van der Waals surface area contributed by atoms with E-state index in [1.807, 2.05) is 13.0 Å². The van der Waals surface area contributed by atoms with E-state index in [9.17, 15) is 14.7 Å². The summed E-state index contributed by atoms with van der Waals surface area (Å²) in [5.74, 6) is -0.552. The first-order valence-corrected chi connectivity index (χ1v) is 6.69. The van der Waals surface area contributed by atoms with Crippen LogP contribution in [0.2, 0.25) is 0 Å². The van der Waals surface area contributed by atoms with Gasteiger partial charge in [-0.1, -0.05) is 24.5 Å². The van der Waals surface area contributed by atoms with Gasteiger partial charge in [-0.25, -0.2) is 0 Å². The molecule has 4 nitrogen and oxygen atoms in total. The fourth-order valence-electron chi connectivity index (χ4n) is 3.03. The van der Waals surface area contributed by atoms with Crippen molar-refractivity contribution in [1.82, 2.24) is 4.90 Å². The van der Waals surface area contributed by atoms with Gasteiger partial charge in [0, 0.05) is 0 Å². The number of nitrogens with zero attached hydrogens (tertiary/aromatic N) is 1. The van der Waals surface area contributed by atoms with Crippen molar-refractivity contribution in [2.45, 2.75) is 38.2 Å². The van der Waals surface area contributed by atoms with E-state index in [2.05, 4.69) is 0 Å². The lowest BCUT2D eigenvalue weighted by Crippen LogP contribution is -2.43. The molecule has 1 aromatic carbocycles. The third-order valence-corrected chi connectivity index (χ3v) is 4.11. The molecular formula is C15H17NO3. The van der Waals surface area contributed by atoms with E-state index in [1.165, 1.54) is 4.90 Å². The van der Waals surface area contributed by atoms with Crippen LogP contribution in [0.15, 0.2) is 18.2 Å². The van der Waals surface area contributed by atoms with Gasteiger partial charge in [-0.3, -0.25) is 14.5 Å². The number of carbonyl (C=O) groups is 2. The lowest BCUT2D eigenvalue weighted by atomic mass is 10.0. The van der Waals surface area contributed by atoms with Crippen molar-refractivity contribution in [3.63, 3.8) is 0 Å². The Morgan fingerprint density at radius 2 is 1.79 bits per heavy atom. The molecule has 0 spiro atoms. The quantitative estimate of drug-likeness (QED) is 0.825. The van der Waals surface area contributed by atoms with Crippen molar-refractivity contribution in [2.75, 3.05) is 6.54 Å². The molecular weight excluding hydrogens is 242 g/mol. The topological polar surface area (TPSA) is 57.6 Å². The first kappa shape index (κ1) is 12.4. The largest absolute Gasteiger partial charge is 0.388 e. The van der Waals surface area contributed by atoms with Crippen molar-refractivity contribution in [3.05, 3.63) is 34.9 Å². The summed E-state index contributed by atoms with van der Waals surface area (Å²) >= 11 is 0. The number of aryl methyl sites for hydroxylation is 1. The van der Waals surface area contributed by atoms with Gasteiger partial charge in [0.1, 0.15) is 0 Å². The van der Waals surface area contributed by atoms with Crippen molar-refractivity contribution in [1.29, 1.82) is 0 Å². The van der Waals surface area contributed by atoms with Crippen LogP contribution >= 0.6 is 0 Å². The molecule has 4 heteroatoms. The molecule has 2 aliphatic rings. The SMILES string of the molecule is Cc1ccc2c(c1)C(=O)N(CC1(O)CCCC1)C2=O. The smallest absolute Gasteiger partial charge is 0.261 e. The van der Waals surface area contributed by atoms with Gasteiger partial charge in [0.2, 0.25) is 0 Å². The second kappa shape index (κ2) is 4.17. The lowest BCUT2D eigenvalue weighted by Gasteiger charge is -2.27. The molecule has 1 fully saturated rings. The van der Waals surface area contributed by atoms with Crippen molar-refractivity contribution < 1.29 is 14.7 Å². The van der Waals surface area contributed by atoms with Crippen LogP contribution in [-0.4, -0.2) is 34.0 Å². The fraction of sp³-hybridized carbons (Fsp3) is 0.467. The molecule has 1 aromatic rings. The summed E-state index contributed by atoms with van der Waals surface area (Å²) in [7, 11) is 0. The van der Waals surface area contributed by atoms with E-state index in [4.69, 9.17) is 0 Å². The Balaban J connectivity index is 1.90. The summed E-state index contributed by atoms with van der Waals surface area (Å²) in [6.45, 7) is 2.02. The molecule has 0 atom stereocenters. The molecule has 3 rings (SSSR count). The Kier molecular flexibility index (Phi) is 2.71. The number of hydrogen-bond acceptors (Lipinski definition) is 3. The molecule has 100 valence electrons. The highest BCUT2D eigenvalue weighted by molar-refractivity contribution is 6.21. The van der Waals surface area contributed by atoms with E-state index >= 15 is 0 Å². The van der Waals surface area contributed by atoms with E-state index in [0.29, 0.717) is 24.0 Å². The number of hydrogen-bond donors (Lipinski definition) is 1. The number of benzene rings is 1. The maximum Gasteiger partial charge on any atom is 0.261 e. The summed E-state index contributed by atoms with van der Waals surface area (Å²) in [5.41, 5.74) is 0.993. The van der Waals surface area contributed by atoms with Gasteiger partial charge in [0.05, 0.1) is 23.3 Å². The third kappa shape index (κ3) is 1.96. The van der Waals surface area contributed by atoms with Crippen LogP contribution < -0.4 is 0 Å². The Hall–Kier alpha value is -1.68. The highest BCUT2D eigenvalue weighted by Crippen LogP contribution is 2.33. The molecule has 0 unspecified atom stereocenters. The van der Waals surface area contributed by atoms with Gasteiger partial charge in [-0.05, 0) is 31.9 Å². The minimum Gasteiger partial charge on any atom is -0.388 e. The molecule has 19 heavy (non-hydrogen) atoms. The average molecular weight is 259 g/mol. The van der Waals surface area contributed by atoms with Gasteiger partial charge in [-0.2, -0.15) is 0 Å². The fourth-order valence-corrected chi connectivity index (χ4v) is 3.03. The Morgan fingerprint density at radius 1 is 1.16 bits per heavy atom. The van der Waals surface area contributed by atoms with Crippen LogP contribution in [0.4, 0.5) is 0 Å². The summed E-state index contributed by atoms with van der Waals surface area (Å²) in [5, 5.41) is 10.4. The number of carbonyl (C=O) groups excluding carboxylic acids is 2. The van der Waals surface area contributed by atoms with Gasteiger partial charge >= 0.3 is 0 Å². The van der Waals surface area contributed by atoms with E-state index in [0.717, 1.165) is 18.4 Å². The maximum atomic E-state index is 12.3. The van der Waals surface area contributed by atoms with Crippen molar-refractivity contribution in [3.8, 4) is 0 Å². The minimum absolute atomic E-state index is 0.123. The van der Waals surface area contributed by atoms with Crippen molar-refractivity contribution in [2.24, 2.45) is 0 Å². The third-order valence-electron chi connectivity index (χ3n) is 4.11. The number of amides is 2. The van der Waals surface area contributed by atoms with Crippen LogP contribution in [-0.2, 0) is 0 Å². The maximum absolute atomic E-state index is 12.3. The summed E-state index contributed by atoms with van der Waals surface area (Å²) < 4.78 is 0. The molecule has 1 N–H and O–H groups in total. The molecule has 2 amide bonds. The van der Waals surface area contributed by atoms with Crippen LogP contribution in [0.5, 0.6) is 0 Å². The second-order valence-electron chi connectivity index (χ2n) is 5.68. The molecule has 0 bridgehead atoms. The summed E-state index contributed by atoms with van der Waals surface area (Å²) in [4.78, 5) is 25.7. The van der Waals surface area contributed by atoms with E-state index < -0.39 is 5.60 Å². The Labute approximate surface area is 112 Å². The second-order valence-corrected chi connectivity index (χ2v) is 5.68. The summed E-state index contributed by atoms with van der Waals surface area (Å²) in [6, 6.07) is 5.27. The standard InChI is InChI=1S/C15H17NO3/c1-10-4-5-11-12(8-10)14(18)16(13(11)17)9-15(19)6-2-3-7-15/h4-5,8,19H,2-3,6-7,9H2,1H3. The van der Waals surface area contributed by atoms with E-state index in [1.54, 1.807) is 12.1 Å². The van der Waals surface area contributed by atoms with Gasteiger partial charge in [0.15, 0.2) is 0 Å². The lowest BCUT2D eigenvalue weighted by molar-refractivity contribution is 0.0124. The number of β-amino-alcohol motifs (C(OH)–C–C–N with tert-alkyl or cyclic N) is 1. The Bertz CT molecular complexity index is 559. The predicted molar refractivity (Wildman–Crippen MR) is 70.0 cm³/mol. The first-order valence-electron chi connectivity index (χ1n) is 6.69. The number of rotatable bonds is 2. The van der Waals surface area contributed by atoms with Gasteiger partial charge < -0.3 is 5.11 Å². The van der Waals surface area contributed by atoms with Crippen LogP contribution in [0.25, 0.3) is 0 Å². The van der Waals surface area contributed by atoms with Crippen LogP contribution in [0.1, 0.15) is 52.0 Å². The molecule has 1 saturated carbocycles. The molecule has 0 saturated heterocycles. The highest BCUT2D eigenvalue weighted by atomic mass is 16.3. The zero-order valence-electron chi connectivity index (χ0n) is 11.0. The predicted octanol–water partition coefficient (Wildman–Crippen LogP) is 1.90. The zero-order valence-corrected chi connectivity index (χ0v) is 11.0. The Morgan fingerprint density at radius 3 is 2.47 bits per heavy atom. The van der Waals surface area contributed by atoms with Gasteiger partial charge in [0.25, 0.3) is 11.8 Å². The monoisotopic (exact) mass is 259 g/mol.